The van der Waals surface area contributed by atoms with E-state index < -0.39 is 0 Å². The molecular formula is H30NO40W12-53. The van der Waals surface area contributed by atoms with Gasteiger partial charge in [-0.3, -0.25) is 0 Å². The van der Waals surface area contributed by atoms with E-state index in [2.05, 4.69) is 0 Å². The maximum absolute atomic E-state index is 0. The first-order valence-corrected chi connectivity index (χ1v) is 0. The van der Waals surface area contributed by atoms with Crippen molar-refractivity contribution in [1.29, 1.82) is 0 Å². The van der Waals surface area contributed by atoms with Crippen molar-refractivity contribution in [3.8, 4) is 0 Å². The van der Waals surface area contributed by atoms with Crippen molar-refractivity contribution < 1.29 is 472 Å². The van der Waals surface area contributed by atoms with Gasteiger partial charge >= 0.3 is 0 Å². The molecule has 0 aliphatic rings. The van der Waals surface area contributed by atoms with Crippen LogP contribution in [0.3, 0.4) is 0 Å². The smallest absolute Gasteiger partial charge is 0 e. The van der Waals surface area contributed by atoms with Gasteiger partial charge in [0.05, 0.1) is 0 Å². The molecule has 400 valence electrons. The molecule has 53 heteroatoms. The molecule has 0 radical (unpaired) electrons. The third-order valence-electron chi connectivity index (χ3n) is 0. The van der Waals surface area contributed by atoms with Crippen molar-refractivity contribution in [3.05, 3.63) is 0 Å². The second kappa shape index (κ2) is 4440. The summed E-state index contributed by atoms with van der Waals surface area (Å²) in [6.07, 6.45) is 0. The molecule has 0 unspecified atom stereocenters. The molecule has 0 spiro atoms. The molecule has 0 amide bonds. The first kappa shape index (κ1) is 4680. The Bertz CT molecular complexity index is 47.7. The molecule has 0 bridgehead atoms. The fourth-order valence-electron chi connectivity index (χ4n) is 0. The second-order valence-corrected chi connectivity index (χ2v) is 0. The molecule has 0 saturated heterocycles. The van der Waals surface area contributed by atoms with Gasteiger partial charge in [-0.2, -0.15) is 0 Å². The molecule has 0 atom stereocenters. The van der Waals surface area contributed by atoms with Crippen LogP contribution in [0.4, 0.5) is 0 Å². The van der Waals surface area contributed by atoms with Crippen LogP contribution in [0.5, 0.6) is 0 Å². The minimum atomic E-state index is 0. The monoisotopic (exact) mass is 2890 g/mol. The van der Waals surface area contributed by atoms with E-state index in [0.717, 1.165) is 0 Å². The maximum atomic E-state index is 0. The van der Waals surface area contributed by atoms with Gasteiger partial charge in [-0.1, -0.05) is 0 Å². The average molecular weight is 2890 g/mol. The molecule has 53 heavy (non-hydrogen) atoms. The summed E-state index contributed by atoms with van der Waals surface area (Å²) < 4.78 is 0. The van der Waals surface area contributed by atoms with Gasteiger partial charge in [0.1, 0.15) is 0 Å². The molecule has 0 aliphatic carbocycles. The van der Waals surface area contributed by atoms with Crippen molar-refractivity contribution in [2.75, 3.05) is 0 Å². The Kier molecular flexibility index (Phi) is 392000. The zero-order valence-electron chi connectivity index (χ0n) is 23.4. The summed E-state index contributed by atoms with van der Waals surface area (Å²) >= 11 is 0. The Balaban J connectivity index is 0. The summed E-state index contributed by atoms with van der Waals surface area (Å²) in [5.41, 5.74) is 0. The summed E-state index contributed by atoms with van der Waals surface area (Å²) in [5, 5.41) is 0. The Hall–Kier alpha value is 6.62. The van der Waals surface area contributed by atoms with Crippen LogP contribution in [-0.2, 0) is 395 Å². The molecule has 0 aliphatic heterocycles. The standard InChI is InChI=1S/H3N.14H2O.26O.12W/h1H3;14*1H2;;;;;;;;;;;;;;;;;;;;;;;;;;;;;;;;;;;;;;/q;;;;;;;;;;;;;;;26*-2;;;;;;;;;;;;/p-1. The largest absolute Gasteiger partial charge is 2.00 e. The van der Waals surface area contributed by atoms with E-state index in [9.17, 15) is 0 Å². The van der Waals surface area contributed by atoms with Crippen molar-refractivity contribution in [3.63, 3.8) is 0 Å². The van der Waals surface area contributed by atoms with Gasteiger partial charge in [-0.15, -0.1) is 0 Å². The Morgan fingerprint density at radius 2 is 0.0943 bits per heavy atom. The van der Waals surface area contributed by atoms with Gasteiger partial charge in [0.25, 0.3) is 0 Å². The number of hydrogen-bond donors (Lipinski definition) is 1. The summed E-state index contributed by atoms with van der Waals surface area (Å²) in [5.74, 6) is 0. The van der Waals surface area contributed by atoms with Gasteiger partial charge in [0, 0.05) is 253 Å². The second-order valence-electron chi connectivity index (χ2n) is 0. The van der Waals surface area contributed by atoms with E-state index in [4.69, 9.17) is 0 Å². The summed E-state index contributed by atoms with van der Waals surface area (Å²) in [4.78, 5) is 0. The van der Waals surface area contributed by atoms with Crippen LogP contribution in [0.2, 0.25) is 0 Å². The third kappa shape index (κ3) is 4290. The van der Waals surface area contributed by atoms with Gasteiger partial charge in [-0.05, 0) is 0 Å². The Labute approximate surface area is 471 Å². The van der Waals surface area contributed by atoms with Gasteiger partial charge in [-0.25, -0.2) is 0 Å². The summed E-state index contributed by atoms with van der Waals surface area (Å²) in [7, 11) is 0. The van der Waals surface area contributed by atoms with E-state index >= 15 is 0 Å². The van der Waals surface area contributed by atoms with E-state index in [1.165, 1.54) is 0 Å². The topological polar surface area (TPSA) is 1220 Å². The number of quaternary nitrogens is 1. The minimum Gasteiger partial charge on any atom is -2.00 e. The molecule has 0 rings (SSSR count). The molecule has 0 saturated carbocycles. The Morgan fingerprint density at radius 1 is 0.0943 bits per heavy atom. The predicted molar refractivity (Wildman–Crippen MR) is 71.1 cm³/mol. The average Bonchev–Trinajstić information content (AvgIpc) is 0. The molecular weight excluding hydrogens is 2860 g/mol. The first-order valence-electron chi connectivity index (χ1n) is 0. The van der Waals surface area contributed by atoms with Crippen LogP contribution in [0.25, 0.3) is 0 Å². The van der Waals surface area contributed by atoms with E-state index in [-0.39, 0.29) is 478 Å². The first-order chi connectivity index (χ1) is 0. The van der Waals surface area contributed by atoms with Gasteiger partial charge < -0.3 is 225 Å². The van der Waals surface area contributed by atoms with Gasteiger partial charge in [0.15, 0.2) is 0 Å². The fraction of sp³-hybridized carbons (Fsp3) is 0. The fourth-order valence-corrected chi connectivity index (χ4v) is 0. The molecule has 0 aromatic rings. The molecule has 0 fully saturated rings. The number of rotatable bonds is 0. The third-order valence-corrected chi connectivity index (χ3v) is 0. The molecule has 30 N–H and O–H groups in total. The van der Waals surface area contributed by atoms with Crippen molar-refractivity contribution in [2.24, 2.45) is 0 Å². The zero-order valence-corrected chi connectivity index (χ0v) is 58.6. The minimum absolute atomic E-state index is 0. The van der Waals surface area contributed by atoms with E-state index in [1.54, 1.807) is 0 Å². The molecule has 41 nitrogen and oxygen atoms in total. The van der Waals surface area contributed by atoms with Crippen LogP contribution in [0.1, 0.15) is 0 Å². The quantitative estimate of drug-likeness (QED) is 0.247. The van der Waals surface area contributed by atoms with Crippen LogP contribution in [0.15, 0.2) is 0 Å². The van der Waals surface area contributed by atoms with Crippen LogP contribution < -0.4 is 6.15 Å². The van der Waals surface area contributed by atoms with Crippen LogP contribution in [-0.4, -0.2) is 76.7 Å². The molecule has 0 heterocycles. The van der Waals surface area contributed by atoms with E-state index in [0.29, 0.717) is 0 Å². The van der Waals surface area contributed by atoms with Crippen LogP contribution in [0, 0.1) is 0 Å². The van der Waals surface area contributed by atoms with E-state index in [1.807, 2.05) is 0 Å². The SMILES string of the molecule is O.O.O.O.O.O.O.O.O.O.O.O.[NH4+].[O-2].[O-2].[O-2].[O-2].[O-2].[O-2].[O-2].[O-2].[O-2].[O-2].[O-2].[O-2].[O-2].[O-2].[O-2].[O-2].[O-2].[O-2].[O-2].[O-2].[O-2].[O-2].[O-2].[O-2].[O-2].[O-2].[OH-].[OH-].[W].[W].[W].[W].[W].[W].[W].[W].[W].[W].[W].[W]. The Morgan fingerprint density at radius 3 is 0.0943 bits per heavy atom. The summed E-state index contributed by atoms with van der Waals surface area (Å²) in [6.45, 7) is 0. The molecule has 0 aromatic heterocycles. The molecule has 0 aromatic carbocycles. The van der Waals surface area contributed by atoms with Crippen molar-refractivity contribution in [1.82, 2.24) is 6.15 Å². The number of hydrogen-bond acceptors (Lipinski definition) is 2. The van der Waals surface area contributed by atoms with Crippen LogP contribution >= 0.6 is 0 Å². The van der Waals surface area contributed by atoms with Crippen molar-refractivity contribution in [2.45, 2.75) is 0 Å². The normalized spacial score (nSPS) is 0. The summed E-state index contributed by atoms with van der Waals surface area (Å²) in [6, 6.07) is 0. The zero-order chi connectivity index (χ0) is 0. The predicted octanol–water partition coefficient (Wildman–Crippen LogP) is -13.0. The van der Waals surface area contributed by atoms with Gasteiger partial charge in [0.2, 0.25) is 0 Å². The maximum Gasteiger partial charge on any atom is 0 e. The van der Waals surface area contributed by atoms with Crippen molar-refractivity contribution >= 4 is 0 Å².